The molecule has 0 amide bonds. The lowest BCUT2D eigenvalue weighted by Crippen LogP contribution is -2.27. The number of rotatable bonds is 6. The van der Waals surface area contributed by atoms with Gasteiger partial charge in [-0.1, -0.05) is 24.8 Å². The first-order chi connectivity index (χ1) is 7.69. The summed E-state index contributed by atoms with van der Waals surface area (Å²) in [4.78, 5) is 0. The Morgan fingerprint density at radius 1 is 1.31 bits per heavy atom. The minimum atomic E-state index is -0.960. The van der Waals surface area contributed by atoms with E-state index in [0.717, 1.165) is 0 Å². The van der Waals surface area contributed by atoms with Gasteiger partial charge in [0.05, 0.1) is 6.10 Å². The lowest BCUT2D eigenvalue weighted by molar-refractivity contribution is 0.0243. The van der Waals surface area contributed by atoms with Gasteiger partial charge in [0, 0.05) is 6.54 Å². The quantitative estimate of drug-likeness (QED) is 0.617. The zero-order chi connectivity index (χ0) is 12.0. The van der Waals surface area contributed by atoms with Crippen LogP contribution < -0.4 is 10.5 Å². The fraction of sp³-hybridized carbons (Fsp3) is 0.333. The Morgan fingerprint density at radius 2 is 1.94 bits per heavy atom. The molecule has 4 nitrogen and oxygen atoms in total. The molecule has 0 saturated heterocycles. The average Bonchev–Trinajstić information content (AvgIpc) is 2.35. The van der Waals surface area contributed by atoms with Crippen LogP contribution in [0.5, 0.6) is 5.75 Å². The van der Waals surface area contributed by atoms with Crippen molar-refractivity contribution < 1.29 is 14.9 Å². The molecular weight excluding hydrogens is 206 g/mol. The van der Waals surface area contributed by atoms with Crippen LogP contribution in [0.3, 0.4) is 0 Å². The van der Waals surface area contributed by atoms with Gasteiger partial charge in [0.2, 0.25) is 0 Å². The fourth-order valence-corrected chi connectivity index (χ4v) is 1.27. The van der Waals surface area contributed by atoms with Gasteiger partial charge in [-0.15, -0.1) is 0 Å². The summed E-state index contributed by atoms with van der Waals surface area (Å²) in [5.41, 5.74) is 5.87. The van der Waals surface area contributed by atoms with Crippen LogP contribution in [0.25, 0.3) is 0 Å². The summed E-state index contributed by atoms with van der Waals surface area (Å²) in [6.07, 6.45) is -0.251. The Labute approximate surface area is 95.0 Å². The molecule has 0 aliphatic rings. The molecule has 4 heteroatoms. The molecule has 1 aromatic carbocycles. The maximum absolute atomic E-state index is 9.67. The zero-order valence-electron chi connectivity index (χ0n) is 9.04. The van der Waals surface area contributed by atoms with E-state index < -0.39 is 12.2 Å². The molecule has 0 heterocycles. The fourth-order valence-electron chi connectivity index (χ4n) is 1.27. The third kappa shape index (κ3) is 3.34. The monoisotopic (exact) mass is 223 g/mol. The standard InChI is InChI=1S/C12H17NO3/c1-2-7-16-10-5-3-9(4-6-10)12(15)11(14)8-13/h2-6,11-12,14-15H,1,7-8,13H2. The van der Waals surface area contributed by atoms with Crippen molar-refractivity contribution in [2.75, 3.05) is 13.2 Å². The Bertz CT molecular complexity index is 324. The van der Waals surface area contributed by atoms with Crippen molar-refractivity contribution in [2.24, 2.45) is 5.73 Å². The number of aliphatic hydroxyl groups is 2. The van der Waals surface area contributed by atoms with Gasteiger partial charge in [-0.3, -0.25) is 0 Å². The third-order valence-electron chi connectivity index (χ3n) is 2.20. The van der Waals surface area contributed by atoms with E-state index in [2.05, 4.69) is 6.58 Å². The van der Waals surface area contributed by atoms with Crippen LogP contribution >= 0.6 is 0 Å². The van der Waals surface area contributed by atoms with Gasteiger partial charge in [-0.2, -0.15) is 0 Å². The van der Waals surface area contributed by atoms with E-state index in [-0.39, 0.29) is 6.54 Å². The van der Waals surface area contributed by atoms with Crippen molar-refractivity contribution >= 4 is 0 Å². The largest absolute Gasteiger partial charge is 0.490 e. The minimum absolute atomic E-state index is 0.0237. The molecule has 0 aromatic heterocycles. The van der Waals surface area contributed by atoms with Crippen LogP contribution in [0.1, 0.15) is 11.7 Å². The molecule has 0 radical (unpaired) electrons. The van der Waals surface area contributed by atoms with Gasteiger partial charge >= 0.3 is 0 Å². The first kappa shape index (κ1) is 12.7. The predicted octanol–water partition coefficient (Wildman–Crippen LogP) is 0.604. The van der Waals surface area contributed by atoms with E-state index in [4.69, 9.17) is 10.5 Å². The van der Waals surface area contributed by atoms with Crippen LogP contribution in [-0.4, -0.2) is 29.5 Å². The minimum Gasteiger partial charge on any atom is -0.490 e. The first-order valence-corrected chi connectivity index (χ1v) is 5.09. The molecule has 0 spiro atoms. The first-order valence-electron chi connectivity index (χ1n) is 5.09. The van der Waals surface area contributed by atoms with Crippen molar-refractivity contribution in [2.45, 2.75) is 12.2 Å². The van der Waals surface area contributed by atoms with Crippen molar-refractivity contribution in [1.29, 1.82) is 0 Å². The number of benzene rings is 1. The van der Waals surface area contributed by atoms with E-state index in [1.54, 1.807) is 30.3 Å². The van der Waals surface area contributed by atoms with E-state index in [9.17, 15) is 10.2 Å². The van der Waals surface area contributed by atoms with Crippen molar-refractivity contribution in [3.05, 3.63) is 42.5 Å². The van der Waals surface area contributed by atoms with Gasteiger partial charge in [0.1, 0.15) is 18.5 Å². The van der Waals surface area contributed by atoms with Crippen molar-refractivity contribution in [3.63, 3.8) is 0 Å². The smallest absolute Gasteiger partial charge is 0.119 e. The molecule has 0 aliphatic carbocycles. The molecule has 0 aliphatic heterocycles. The van der Waals surface area contributed by atoms with Crippen molar-refractivity contribution in [1.82, 2.24) is 0 Å². The average molecular weight is 223 g/mol. The molecule has 16 heavy (non-hydrogen) atoms. The lowest BCUT2D eigenvalue weighted by atomic mass is 10.0. The van der Waals surface area contributed by atoms with E-state index in [1.807, 2.05) is 0 Å². The summed E-state index contributed by atoms with van der Waals surface area (Å²) in [5, 5.41) is 19.0. The molecule has 2 atom stereocenters. The Balaban J connectivity index is 2.66. The van der Waals surface area contributed by atoms with Crippen LogP contribution in [0.2, 0.25) is 0 Å². The Kier molecular flexibility index (Phi) is 4.98. The van der Waals surface area contributed by atoms with Gasteiger partial charge < -0.3 is 20.7 Å². The highest BCUT2D eigenvalue weighted by molar-refractivity contribution is 5.29. The summed E-state index contributed by atoms with van der Waals surface area (Å²) >= 11 is 0. The second-order valence-electron chi connectivity index (χ2n) is 3.42. The molecule has 4 N–H and O–H groups in total. The maximum Gasteiger partial charge on any atom is 0.119 e. The number of nitrogens with two attached hydrogens (primary N) is 1. The molecule has 0 fully saturated rings. The summed E-state index contributed by atoms with van der Waals surface area (Å²) in [7, 11) is 0. The highest BCUT2D eigenvalue weighted by Crippen LogP contribution is 2.20. The zero-order valence-corrected chi connectivity index (χ0v) is 9.04. The van der Waals surface area contributed by atoms with Crippen LogP contribution in [0.15, 0.2) is 36.9 Å². The number of hydrogen-bond acceptors (Lipinski definition) is 4. The topological polar surface area (TPSA) is 75.7 Å². The number of ether oxygens (including phenoxy) is 1. The van der Waals surface area contributed by atoms with Gasteiger partial charge in [-0.25, -0.2) is 0 Å². The summed E-state index contributed by atoms with van der Waals surface area (Å²) < 4.78 is 5.29. The molecule has 1 rings (SSSR count). The molecule has 88 valence electrons. The highest BCUT2D eigenvalue weighted by atomic mass is 16.5. The van der Waals surface area contributed by atoms with Gasteiger partial charge in [-0.05, 0) is 17.7 Å². The van der Waals surface area contributed by atoms with Crippen molar-refractivity contribution in [3.8, 4) is 5.75 Å². The highest BCUT2D eigenvalue weighted by Gasteiger charge is 2.16. The number of hydrogen-bond donors (Lipinski definition) is 3. The molecule has 0 saturated carbocycles. The van der Waals surface area contributed by atoms with Crippen LogP contribution in [0.4, 0.5) is 0 Å². The Hall–Kier alpha value is -1.36. The van der Waals surface area contributed by atoms with E-state index in [0.29, 0.717) is 17.9 Å². The molecule has 0 bridgehead atoms. The normalized spacial score (nSPS) is 14.2. The third-order valence-corrected chi connectivity index (χ3v) is 2.20. The Morgan fingerprint density at radius 3 is 2.44 bits per heavy atom. The molecule has 2 unspecified atom stereocenters. The van der Waals surface area contributed by atoms with E-state index >= 15 is 0 Å². The second-order valence-corrected chi connectivity index (χ2v) is 3.42. The second kappa shape index (κ2) is 6.27. The maximum atomic E-state index is 9.67. The SMILES string of the molecule is C=CCOc1ccc(C(O)C(O)CN)cc1. The predicted molar refractivity (Wildman–Crippen MR) is 62.2 cm³/mol. The molecular formula is C12H17NO3. The van der Waals surface area contributed by atoms with Crippen LogP contribution in [-0.2, 0) is 0 Å². The summed E-state index contributed by atoms with van der Waals surface area (Å²) in [5.74, 6) is 0.693. The van der Waals surface area contributed by atoms with Gasteiger partial charge in [0.15, 0.2) is 0 Å². The molecule has 1 aromatic rings. The summed E-state index contributed by atoms with van der Waals surface area (Å²) in [6.45, 7) is 4.01. The summed E-state index contributed by atoms with van der Waals surface area (Å²) in [6, 6.07) is 6.85. The van der Waals surface area contributed by atoms with E-state index in [1.165, 1.54) is 0 Å². The van der Waals surface area contributed by atoms with Crippen LogP contribution in [0, 0.1) is 0 Å². The number of aliphatic hydroxyl groups excluding tert-OH is 2. The lowest BCUT2D eigenvalue weighted by Gasteiger charge is -2.16. The van der Waals surface area contributed by atoms with Gasteiger partial charge in [0.25, 0.3) is 0 Å².